The van der Waals surface area contributed by atoms with Crippen molar-refractivity contribution in [2.45, 2.75) is 19.8 Å². The molecule has 0 bridgehead atoms. The normalized spacial score (nSPS) is 16.8. The Balaban J connectivity index is 1.41. The Morgan fingerprint density at radius 1 is 1.16 bits per heavy atom. The van der Waals surface area contributed by atoms with Gasteiger partial charge in [-0.05, 0) is 56.0 Å². The Morgan fingerprint density at radius 3 is 2.61 bits per heavy atom. The SMILES string of the molecule is CCOc1c(Cl)cc(C(=O)Nc2cccc(N3CCN(CC4CC4)CC3)c2)cc1OC. The lowest BCUT2D eigenvalue weighted by Crippen LogP contribution is -2.47. The maximum absolute atomic E-state index is 12.9. The topological polar surface area (TPSA) is 54.0 Å². The van der Waals surface area contributed by atoms with Crippen LogP contribution >= 0.6 is 11.6 Å². The monoisotopic (exact) mass is 443 g/mol. The Morgan fingerprint density at radius 2 is 1.94 bits per heavy atom. The number of piperazine rings is 1. The van der Waals surface area contributed by atoms with Gasteiger partial charge in [-0.3, -0.25) is 9.69 Å². The molecule has 2 aliphatic rings. The van der Waals surface area contributed by atoms with Crippen LogP contribution < -0.4 is 19.7 Å². The van der Waals surface area contributed by atoms with Gasteiger partial charge >= 0.3 is 0 Å². The molecule has 1 aliphatic heterocycles. The number of carbonyl (C=O) groups excluding carboxylic acids is 1. The minimum absolute atomic E-state index is 0.241. The number of rotatable bonds is 8. The van der Waals surface area contributed by atoms with Crippen molar-refractivity contribution in [1.82, 2.24) is 4.90 Å². The second-order valence-electron chi connectivity index (χ2n) is 8.16. The van der Waals surface area contributed by atoms with Gasteiger partial charge in [0.15, 0.2) is 11.5 Å². The Labute approximate surface area is 189 Å². The number of ether oxygens (including phenoxy) is 2. The zero-order valence-corrected chi connectivity index (χ0v) is 19.0. The zero-order valence-electron chi connectivity index (χ0n) is 18.2. The quantitative estimate of drug-likeness (QED) is 0.649. The molecule has 0 aromatic heterocycles. The predicted octanol–water partition coefficient (Wildman–Crippen LogP) is 4.53. The number of benzene rings is 2. The molecule has 0 radical (unpaired) electrons. The minimum atomic E-state index is -0.241. The summed E-state index contributed by atoms with van der Waals surface area (Å²) in [6.45, 7) is 7.79. The summed E-state index contributed by atoms with van der Waals surface area (Å²) in [7, 11) is 1.53. The minimum Gasteiger partial charge on any atom is -0.493 e. The summed E-state index contributed by atoms with van der Waals surface area (Å²) in [4.78, 5) is 17.8. The third-order valence-electron chi connectivity index (χ3n) is 5.84. The number of amides is 1. The van der Waals surface area contributed by atoms with Crippen LogP contribution in [0.1, 0.15) is 30.1 Å². The van der Waals surface area contributed by atoms with E-state index in [4.69, 9.17) is 21.1 Å². The second-order valence-corrected chi connectivity index (χ2v) is 8.57. The van der Waals surface area contributed by atoms with Crippen LogP contribution in [0.25, 0.3) is 0 Å². The number of hydrogen-bond donors (Lipinski definition) is 1. The highest BCUT2D eigenvalue weighted by Gasteiger charge is 2.26. The molecule has 1 N–H and O–H groups in total. The van der Waals surface area contributed by atoms with Crippen molar-refractivity contribution in [3.05, 3.63) is 47.0 Å². The van der Waals surface area contributed by atoms with Crippen LogP contribution in [0.4, 0.5) is 11.4 Å². The van der Waals surface area contributed by atoms with Crippen LogP contribution in [-0.2, 0) is 0 Å². The van der Waals surface area contributed by atoms with Crippen LogP contribution in [-0.4, -0.2) is 57.2 Å². The molecule has 1 aliphatic carbocycles. The average molecular weight is 444 g/mol. The molecule has 1 saturated heterocycles. The van der Waals surface area contributed by atoms with E-state index in [-0.39, 0.29) is 5.91 Å². The van der Waals surface area contributed by atoms with E-state index in [0.717, 1.165) is 43.5 Å². The van der Waals surface area contributed by atoms with Crippen LogP contribution in [0.5, 0.6) is 11.5 Å². The maximum Gasteiger partial charge on any atom is 0.255 e. The number of halogens is 1. The number of methoxy groups -OCH3 is 1. The van der Waals surface area contributed by atoms with Crippen molar-refractivity contribution >= 4 is 28.9 Å². The molecular weight excluding hydrogens is 414 g/mol. The van der Waals surface area contributed by atoms with Crippen molar-refractivity contribution in [3.8, 4) is 11.5 Å². The number of nitrogens with zero attached hydrogens (tertiary/aromatic N) is 2. The van der Waals surface area contributed by atoms with Gasteiger partial charge in [-0.1, -0.05) is 17.7 Å². The van der Waals surface area contributed by atoms with Crippen molar-refractivity contribution in [2.24, 2.45) is 5.92 Å². The molecule has 0 spiro atoms. The average Bonchev–Trinajstić information content (AvgIpc) is 3.59. The van der Waals surface area contributed by atoms with E-state index in [1.807, 2.05) is 25.1 Å². The van der Waals surface area contributed by atoms with Crippen LogP contribution in [0.3, 0.4) is 0 Å². The van der Waals surface area contributed by atoms with Gasteiger partial charge in [0.1, 0.15) is 0 Å². The van der Waals surface area contributed by atoms with Gasteiger partial charge in [-0.25, -0.2) is 0 Å². The van der Waals surface area contributed by atoms with E-state index in [9.17, 15) is 4.79 Å². The molecule has 166 valence electrons. The fourth-order valence-electron chi connectivity index (χ4n) is 3.97. The summed E-state index contributed by atoms with van der Waals surface area (Å²) < 4.78 is 10.9. The van der Waals surface area contributed by atoms with E-state index in [1.54, 1.807) is 12.1 Å². The van der Waals surface area contributed by atoms with Crippen molar-refractivity contribution in [3.63, 3.8) is 0 Å². The predicted molar refractivity (Wildman–Crippen MR) is 125 cm³/mol. The van der Waals surface area contributed by atoms with Gasteiger partial charge < -0.3 is 19.7 Å². The number of carbonyl (C=O) groups is 1. The van der Waals surface area contributed by atoms with E-state index in [1.165, 1.54) is 26.5 Å². The first-order valence-corrected chi connectivity index (χ1v) is 11.3. The fourth-order valence-corrected chi connectivity index (χ4v) is 4.24. The largest absolute Gasteiger partial charge is 0.493 e. The number of nitrogens with one attached hydrogen (secondary N) is 1. The van der Waals surface area contributed by atoms with Crippen molar-refractivity contribution in [1.29, 1.82) is 0 Å². The molecule has 0 atom stereocenters. The lowest BCUT2D eigenvalue weighted by atomic mass is 10.1. The van der Waals surface area contributed by atoms with E-state index in [2.05, 4.69) is 21.2 Å². The number of hydrogen-bond acceptors (Lipinski definition) is 5. The zero-order chi connectivity index (χ0) is 21.8. The summed E-state index contributed by atoms with van der Waals surface area (Å²) in [5, 5.41) is 3.33. The summed E-state index contributed by atoms with van der Waals surface area (Å²) in [6.07, 6.45) is 2.79. The van der Waals surface area contributed by atoms with E-state index in [0.29, 0.717) is 28.7 Å². The van der Waals surface area contributed by atoms with Gasteiger partial charge in [0, 0.05) is 49.7 Å². The first-order chi connectivity index (χ1) is 15.1. The van der Waals surface area contributed by atoms with E-state index < -0.39 is 0 Å². The standard InChI is InChI=1S/C24H30ClN3O3/c1-3-31-23-21(25)13-18(14-22(23)30-2)24(29)26-19-5-4-6-20(15-19)28-11-9-27(10-12-28)16-17-7-8-17/h4-6,13-15,17H,3,7-12,16H2,1-2H3,(H,26,29). The smallest absolute Gasteiger partial charge is 0.255 e. The molecule has 7 heteroatoms. The van der Waals surface area contributed by atoms with Crippen LogP contribution in [0.15, 0.2) is 36.4 Å². The van der Waals surface area contributed by atoms with E-state index >= 15 is 0 Å². The van der Waals surface area contributed by atoms with Crippen LogP contribution in [0.2, 0.25) is 5.02 Å². The Kier molecular flexibility index (Phi) is 6.88. The van der Waals surface area contributed by atoms with Crippen molar-refractivity contribution in [2.75, 3.05) is 56.7 Å². The molecule has 1 heterocycles. The molecule has 1 amide bonds. The lowest BCUT2D eigenvalue weighted by molar-refractivity contribution is 0.102. The summed E-state index contributed by atoms with van der Waals surface area (Å²) in [6, 6.07) is 11.3. The highest BCUT2D eigenvalue weighted by molar-refractivity contribution is 6.32. The molecule has 0 unspecified atom stereocenters. The third kappa shape index (κ3) is 5.43. The van der Waals surface area contributed by atoms with Crippen molar-refractivity contribution < 1.29 is 14.3 Å². The molecule has 1 saturated carbocycles. The third-order valence-corrected chi connectivity index (χ3v) is 6.12. The van der Waals surface area contributed by atoms with Gasteiger partial charge in [0.05, 0.1) is 18.7 Å². The van der Waals surface area contributed by atoms with Gasteiger partial charge in [-0.15, -0.1) is 0 Å². The molecule has 6 nitrogen and oxygen atoms in total. The molecule has 2 aromatic rings. The first-order valence-electron chi connectivity index (χ1n) is 11.0. The molecule has 2 fully saturated rings. The summed E-state index contributed by atoms with van der Waals surface area (Å²) in [5.41, 5.74) is 2.31. The molecule has 31 heavy (non-hydrogen) atoms. The van der Waals surface area contributed by atoms with Gasteiger partial charge in [0.25, 0.3) is 5.91 Å². The molecule has 4 rings (SSSR count). The maximum atomic E-state index is 12.9. The summed E-state index contributed by atoms with van der Waals surface area (Å²) in [5.74, 6) is 1.58. The molecular formula is C24H30ClN3O3. The van der Waals surface area contributed by atoms with Gasteiger partial charge in [0.2, 0.25) is 0 Å². The highest BCUT2D eigenvalue weighted by Crippen LogP contribution is 2.36. The van der Waals surface area contributed by atoms with Crippen LogP contribution in [0, 0.1) is 5.92 Å². The molecule has 2 aromatic carbocycles. The number of anilines is 2. The fraction of sp³-hybridized carbons (Fsp3) is 0.458. The second kappa shape index (κ2) is 9.79. The Bertz CT molecular complexity index is 924. The summed E-state index contributed by atoms with van der Waals surface area (Å²) >= 11 is 6.32. The Hall–Kier alpha value is -2.44. The highest BCUT2D eigenvalue weighted by atomic mass is 35.5. The lowest BCUT2D eigenvalue weighted by Gasteiger charge is -2.36. The first kappa shape index (κ1) is 21.8. The van der Waals surface area contributed by atoms with Gasteiger partial charge in [-0.2, -0.15) is 0 Å².